The van der Waals surface area contributed by atoms with E-state index in [1.54, 1.807) is 6.92 Å². The number of hydrogen-bond donors (Lipinski definition) is 0. The lowest BCUT2D eigenvalue weighted by Gasteiger charge is -2.20. The smallest absolute Gasteiger partial charge is 0.306 e. The second kappa shape index (κ2) is 7.26. The molecule has 0 aliphatic carbocycles. The van der Waals surface area contributed by atoms with Crippen LogP contribution in [0.1, 0.15) is 13.3 Å². The van der Waals surface area contributed by atoms with Gasteiger partial charge in [0.1, 0.15) is 0 Å². The van der Waals surface area contributed by atoms with Crippen LogP contribution < -0.4 is 0 Å². The van der Waals surface area contributed by atoms with Crippen LogP contribution in [0.4, 0.5) is 0 Å². The van der Waals surface area contributed by atoms with Gasteiger partial charge in [0.2, 0.25) is 10.0 Å². The van der Waals surface area contributed by atoms with E-state index in [0.29, 0.717) is 0 Å². The van der Waals surface area contributed by atoms with E-state index in [1.165, 1.54) is 29.6 Å². The van der Waals surface area contributed by atoms with Crippen molar-refractivity contribution in [2.75, 3.05) is 20.2 Å². The summed E-state index contributed by atoms with van der Waals surface area (Å²) >= 11 is 11.6. The van der Waals surface area contributed by atoms with Crippen LogP contribution in [-0.2, 0) is 19.6 Å². The topological polar surface area (TPSA) is 63.7 Å². The van der Waals surface area contributed by atoms with E-state index < -0.39 is 16.0 Å². The highest BCUT2D eigenvalue weighted by Gasteiger charge is 2.24. The van der Waals surface area contributed by atoms with Gasteiger partial charge in [-0.15, -0.1) is 0 Å². The van der Waals surface area contributed by atoms with Crippen LogP contribution in [0.25, 0.3) is 0 Å². The molecule has 0 aliphatic rings. The van der Waals surface area contributed by atoms with Crippen molar-refractivity contribution in [2.45, 2.75) is 18.2 Å². The molecule has 0 heterocycles. The molecule has 0 radical (unpaired) electrons. The molecule has 8 heteroatoms. The Balaban J connectivity index is 3.02. The van der Waals surface area contributed by atoms with Crippen molar-refractivity contribution in [3.8, 4) is 0 Å². The molecule has 0 N–H and O–H groups in total. The number of sulfonamides is 1. The molecule has 5 nitrogen and oxygen atoms in total. The maximum absolute atomic E-state index is 12.4. The Labute approximate surface area is 128 Å². The van der Waals surface area contributed by atoms with Crippen molar-refractivity contribution in [3.05, 3.63) is 28.2 Å². The zero-order valence-electron chi connectivity index (χ0n) is 11.1. The molecular weight excluding hydrogens is 325 g/mol. The largest absolute Gasteiger partial charge is 0.469 e. The lowest BCUT2D eigenvalue weighted by atomic mass is 10.4. The molecule has 20 heavy (non-hydrogen) atoms. The molecule has 0 spiro atoms. The fourth-order valence-electron chi connectivity index (χ4n) is 1.59. The lowest BCUT2D eigenvalue weighted by molar-refractivity contribution is -0.140. The monoisotopic (exact) mass is 339 g/mol. The maximum atomic E-state index is 12.4. The zero-order chi connectivity index (χ0) is 15.3. The first kappa shape index (κ1) is 17.2. The fourth-order valence-corrected chi connectivity index (χ4v) is 3.77. The standard InChI is InChI=1S/C12H15Cl2NO4S/c1-3-15(5-4-12(16)19-2)20(17,18)11-7-9(13)6-10(14)8-11/h6-8H,3-5H2,1-2H3. The summed E-state index contributed by atoms with van der Waals surface area (Å²) < 4.78 is 30.5. The van der Waals surface area contributed by atoms with Crippen LogP contribution in [0.15, 0.2) is 23.1 Å². The molecule has 0 saturated heterocycles. The quantitative estimate of drug-likeness (QED) is 0.747. The number of nitrogens with zero attached hydrogens (tertiary/aromatic N) is 1. The molecular formula is C12H15Cl2NO4S. The minimum Gasteiger partial charge on any atom is -0.469 e. The first-order valence-electron chi connectivity index (χ1n) is 5.84. The van der Waals surface area contributed by atoms with Crippen molar-refractivity contribution in [3.63, 3.8) is 0 Å². The van der Waals surface area contributed by atoms with Crippen LogP contribution in [0.3, 0.4) is 0 Å². The minimum atomic E-state index is -3.74. The van der Waals surface area contributed by atoms with E-state index in [9.17, 15) is 13.2 Å². The molecule has 0 amide bonds. The highest BCUT2D eigenvalue weighted by Crippen LogP contribution is 2.24. The molecule has 1 aromatic rings. The van der Waals surface area contributed by atoms with E-state index >= 15 is 0 Å². The predicted octanol–water partition coefficient (Wildman–Crippen LogP) is 2.57. The summed E-state index contributed by atoms with van der Waals surface area (Å²) in [6.45, 7) is 1.94. The molecule has 0 fully saturated rings. The van der Waals surface area contributed by atoms with Gasteiger partial charge in [0.05, 0.1) is 18.4 Å². The normalized spacial score (nSPS) is 11.7. The van der Waals surface area contributed by atoms with Crippen LogP contribution in [0.2, 0.25) is 10.0 Å². The summed E-state index contributed by atoms with van der Waals surface area (Å²) in [5.41, 5.74) is 0. The molecule has 0 atom stereocenters. The maximum Gasteiger partial charge on any atom is 0.306 e. The minimum absolute atomic E-state index is 0.00159. The van der Waals surface area contributed by atoms with E-state index in [1.807, 2.05) is 0 Å². The van der Waals surface area contributed by atoms with Crippen LogP contribution >= 0.6 is 23.2 Å². The number of methoxy groups -OCH3 is 1. The Kier molecular flexibility index (Phi) is 6.26. The molecule has 0 aliphatic heterocycles. The second-order valence-electron chi connectivity index (χ2n) is 3.93. The Morgan fingerprint density at radius 3 is 2.25 bits per heavy atom. The van der Waals surface area contributed by atoms with Gasteiger partial charge in [-0.25, -0.2) is 8.42 Å². The van der Waals surface area contributed by atoms with Gasteiger partial charge in [-0.05, 0) is 18.2 Å². The molecule has 1 aromatic carbocycles. The Morgan fingerprint density at radius 1 is 1.25 bits per heavy atom. The molecule has 0 aromatic heterocycles. The third-order valence-electron chi connectivity index (χ3n) is 2.62. The predicted molar refractivity (Wildman–Crippen MR) is 77.5 cm³/mol. The average Bonchev–Trinajstić information content (AvgIpc) is 2.37. The number of carbonyl (C=O) groups is 1. The molecule has 1 rings (SSSR count). The van der Waals surface area contributed by atoms with Gasteiger partial charge >= 0.3 is 5.97 Å². The number of esters is 1. The average molecular weight is 340 g/mol. The van der Waals surface area contributed by atoms with Crippen molar-refractivity contribution in [1.82, 2.24) is 4.31 Å². The summed E-state index contributed by atoms with van der Waals surface area (Å²) in [4.78, 5) is 11.1. The number of hydrogen-bond acceptors (Lipinski definition) is 4. The number of rotatable bonds is 6. The van der Waals surface area contributed by atoms with Gasteiger partial charge in [-0.1, -0.05) is 30.1 Å². The third-order valence-corrected chi connectivity index (χ3v) is 5.01. The molecule has 0 unspecified atom stereocenters. The van der Waals surface area contributed by atoms with E-state index in [-0.39, 0.29) is 34.5 Å². The first-order chi connectivity index (χ1) is 9.31. The van der Waals surface area contributed by atoms with Crippen LogP contribution in [0, 0.1) is 0 Å². The molecule has 0 saturated carbocycles. The first-order valence-corrected chi connectivity index (χ1v) is 8.04. The fraction of sp³-hybridized carbons (Fsp3) is 0.417. The van der Waals surface area contributed by atoms with E-state index in [0.717, 1.165) is 0 Å². The summed E-state index contributed by atoms with van der Waals surface area (Å²) in [6.07, 6.45) is -0.0160. The van der Waals surface area contributed by atoms with Crippen molar-refractivity contribution < 1.29 is 17.9 Å². The molecule has 112 valence electrons. The SMILES string of the molecule is CCN(CCC(=O)OC)S(=O)(=O)c1cc(Cl)cc(Cl)c1. The van der Waals surface area contributed by atoms with Gasteiger partial charge in [-0.3, -0.25) is 4.79 Å². The third kappa shape index (κ3) is 4.34. The highest BCUT2D eigenvalue weighted by atomic mass is 35.5. The van der Waals surface area contributed by atoms with Gasteiger partial charge < -0.3 is 4.74 Å². The lowest BCUT2D eigenvalue weighted by Crippen LogP contribution is -2.33. The van der Waals surface area contributed by atoms with Crippen LogP contribution in [0.5, 0.6) is 0 Å². The van der Waals surface area contributed by atoms with E-state index in [2.05, 4.69) is 4.74 Å². The zero-order valence-corrected chi connectivity index (χ0v) is 13.4. The summed E-state index contributed by atoms with van der Waals surface area (Å²) in [5.74, 6) is -0.470. The number of halogens is 2. The van der Waals surface area contributed by atoms with Crippen molar-refractivity contribution >= 4 is 39.2 Å². The van der Waals surface area contributed by atoms with Gasteiger partial charge in [0, 0.05) is 23.1 Å². The van der Waals surface area contributed by atoms with Gasteiger partial charge in [0.15, 0.2) is 0 Å². The van der Waals surface area contributed by atoms with Crippen molar-refractivity contribution in [2.24, 2.45) is 0 Å². The van der Waals surface area contributed by atoms with Crippen LogP contribution in [-0.4, -0.2) is 38.9 Å². The van der Waals surface area contributed by atoms with Gasteiger partial charge in [-0.2, -0.15) is 4.31 Å². The number of ether oxygens (including phenoxy) is 1. The Hall–Kier alpha value is -0.820. The molecule has 0 bridgehead atoms. The highest BCUT2D eigenvalue weighted by molar-refractivity contribution is 7.89. The second-order valence-corrected chi connectivity index (χ2v) is 6.74. The van der Waals surface area contributed by atoms with Gasteiger partial charge in [0.25, 0.3) is 0 Å². The summed E-state index contributed by atoms with van der Waals surface area (Å²) in [7, 11) is -2.49. The summed E-state index contributed by atoms with van der Waals surface area (Å²) in [5, 5.41) is 0.472. The number of benzene rings is 1. The Morgan fingerprint density at radius 2 is 1.80 bits per heavy atom. The summed E-state index contributed by atoms with van der Waals surface area (Å²) in [6, 6.07) is 4.10. The Bertz CT molecular complexity index is 569. The van der Waals surface area contributed by atoms with Crippen molar-refractivity contribution in [1.29, 1.82) is 0 Å². The number of carbonyl (C=O) groups excluding carboxylic acids is 1. The van der Waals surface area contributed by atoms with E-state index in [4.69, 9.17) is 23.2 Å².